The Hall–Kier alpha value is -2.52. The van der Waals surface area contributed by atoms with Gasteiger partial charge in [0.2, 0.25) is 0 Å². The first-order valence-electron chi connectivity index (χ1n) is 7.04. The van der Waals surface area contributed by atoms with Crippen LogP contribution in [-0.2, 0) is 4.74 Å². The molecule has 2 rings (SSSR count). The number of hydrogen-bond acceptors (Lipinski definition) is 7. The zero-order chi connectivity index (χ0) is 16.9. The molecule has 1 saturated heterocycles. The molecule has 1 aliphatic heterocycles. The van der Waals surface area contributed by atoms with E-state index in [9.17, 15) is 14.9 Å². The summed E-state index contributed by atoms with van der Waals surface area (Å²) in [5.41, 5.74) is -0.0975. The number of rotatable bonds is 7. The van der Waals surface area contributed by atoms with Crippen molar-refractivity contribution >= 4 is 18.0 Å². The summed E-state index contributed by atoms with van der Waals surface area (Å²) in [5.74, 6) is 0. The molecule has 1 heterocycles. The van der Waals surface area contributed by atoms with Gasteiger partial charge in [-0.2, -0.15) is 10.1 Å². The molecule has 9 nitrogen and oxygen atoms in total. The summed E-state index contributed by atoms with van der Waals surface area (Å²) < 4.78 is 5.29. The molecule has 0 spiro atoms. The summed E-state index contributed by atoms with van der Waals surface area (Å²) in [7, 11) is 0. The number of aliphatic hydroxyl groups excluding tert-OH is 1. The topological polar surface area (TPSA) is 117 Å². The molecule has 23 heavy (non-hydrogen) atoms. The molecule has 2 N–H and O–H groups in total. The molecule has 1 aromatic rings. The number of ether oxygens (including phenoxy) is 1. The van der Waals surface area contributed by atoms with E-state index in [2.05, 4.69) is 10.4 Å². The van der Waals surface area contributed by atoms with Gasteiger partial charge < -0.3 is 15.2 Å². The number of cyclic esters (lactones) is 1. The first-order valence-corrected chi connectivity index (χ1v) is 7.04. The maximum absolute atomic E-state index is 11.8. The number of carbonyl (C=O) groups excluding carboxylic acids is 1. The van der Waals surface area contributed by atoms with E-state index in [4.69, 9.17) is 9.84 Å². The first-order chi connectivity index (χ1) is 10.9. The van der Waals surface area contributed by atoms with Crippen molar-refractivity contribution in [1.29, 1.82) is 0 Å². The van der Waals surface area contributed by atoms with Gasteiger partial charge in [-0.3, -0.25) is 10.1 Å². The van der Waals surface area contributed by atoms with E-state index in [0.717, 1.165) is 0 Å². The fraction of sp³-hybridized carbons (Fsp3) is 0.429. The Morgan fingerprint density at radius 2 is 2.22 bits per heavy atom. The molecular formula is C14H18N4O5. The van der Waals surface area contributed by atoms with E-state index >= 15 is 0 Å². The molecule has 1 amide bonds. The van der Waals surface area contributed by atoms with Gasteiger partial charge in [0.25, 0.3) is 5.69 Å². The maximum Gasteiger partial charge on any atom is 0.431 e. The average molecular weight is 322 g/mol. The van der Waals surface area contributed by atoms with E-state index in [1.54, 1.807) is 19.1 Å². The minimum atomic E-state index is -0.723. The Kier molecular flexibility index (Phi) is 5.24. The molecule has 0 saturated carbocycles. The van der Waals surface area contributed by atoms with Crippen LogP contribution in [0, 0.1) is 10.1 Å². The van der Waals surface area contributed by atoms with Crippen LogP contribution >= 0.6 is 0 Å². The molecule has 0 aromatic heterocycles. The number of nitrogens with one attached hydrogen (secondary N) is 1. The van der Waals surface area contributed by atoms with Crippen molar-refractivity contribution in [3.63, 3.8) is 0 Å². The van der Waals surface area contributed by atoms with Crippen LogP contribution < -0.4 is 5.32 Å². The zero-order valence-electron chi connectivity index (χ0n) is 12.6. The van der Waals surface area contributed by atoms with Crippen molar-refractivity contribution < 1.29 is 19.6 Å². The molecule has 0 bridgehead atoms. The van der Waals surface area contributed by atoms with Crippen molar-refractivity contribution in [2.75, 3.05) is 26.2 Å². The van der Waals surface area contributed by atoms with Crippen molar-refractivity contribution in [3.8, 4) is 0 Å². The standard InChI is InChI=1S/C14H18N4O5/c1-14(9-15-6-7-19)10-17(13(20)23-14)16-8-11-2-4-12(5-3-11)18(21)22/h2-5,8,15,19H,6-7,9-10H2,1H3/b16-8-. The predicted octanol–water partition coefficient (Wildman–Crippen LogP) is 0.722. The number of non-ortho nitro benzene ring substituents is 1. The summed E-state index contributed by atoms with van der Waals surface area (Å²) in [6, 6.07) is 5.83. The van der Waals surface area contributed by atoms with Crippen LogP contribution in [0.3, 0.4) is 0 Å². The number of aliphatic hydroxyl groups is 1. The van der Waals surface area contributed by atoms with E-state index in [1.165, 1.54) is 23.4 Å². The van der Waals surface area contributed by atoms with Gasteiger partial charge in [-0.15, -0.1) is 0 Å². The number of amides is 1. The average Bonchev–Trinajstić information content (AvgIpc) is 2.80. The number of benzene rings is 1. The van der Waals surface area contributed by atoms with Crippen molar-refractivity contribution in [1.82, 2.24) is 10.3 Å². The third kappa shape index (κ3) is 4.47. The molecule has 1 atom stereocenters. The van der Waals surface area contributed by atoms with Crippen LogP contribution in [0.5, 0.6) is 0 Å². The van der Waals surface area contributed by atoms with Gasteiger partial charge in [0, 0.05) is 25.2 Å². The molecule has 0 aliphatic carbocycles. The summed E-state index contributed by atoms with van der Waals surface area (Å²) in [5, 5.41) is 27.6. The highest BCUT2D eigenvalue weighted by molar-refractivity contribution is 5.81. The van der Waals surface area contributed by atoms with Gasteiger partial charge >= 0.3 is 6.09 Å². The largest absolute Gasteiger partial charge is 0.438 e. The zero-order valence-corrected chi connectivity index (χ0v) is 12.6. The normalized spacial score (nSPS) is 21.0. The molecular weight excluding hydrogens is 304 g/mol. The predicted molar refractivity (Wildman–Crippen MR) is 82.2 cm³/mol. The molecule has 124 valence electrons. The Morgan fingerprint density at radius 1 is 1.52 bits per heavy atom. The number of hydrazone groups is 1. The molecule has 9 heteroatoms. The van der Waals surface area contributed by atoms with E-state index in [-0.39, 0.29) is 18.8 Å². The van der Waals surface area contributed by atoms with Crippen LogP contribution in [0.2, 0.25) is 0 Å². The molecule has 1 fully saturated rings. The lowest BCUT2D eigenvalue weighted by molar-refractivity contribution is -0.384. The van der Waals surface area contributed by atoms with Crippen molar-refractivity contribution in [3.05, 3.63) is 39.9 Å². The van der Waals surface area contributed by atoms with Crippen molar-refractivity contribution in [2.24, 2.45) is 5.10 Å². The quantitative estimate of drug-likeness (QED) is 0.330. The van der Waals surface area contributed by atoms with Crippen LogP contribution in [0.1, 0.15) is 12.5 Å². The van der Waals surface area contributed by atoms with Crippen molar-refractivity contribution in [2.45, 2.75) is 12.5 Å². The lowest BCUT2D eigenvalue weighted by Gasteiger charge is -2.21. The summed E-state index contributed by atoms with van der Waals surface area (Å²) in [4.78, 5) is 21.9. The highest BCUT2D eigenvalue weighted by Gasteiger charge is 2.41. The third-order valence-corrected chi connectivity index (χ3v) is 3.27. The summed E-state index contributed by atoms with van der Waals surface area (Å²) in [6.07, 6.45) is 0.884. The number of carbonyl (C=O) groups is 1. The number of nitro benzene ring substituents is 1. The second-order valence-electron chi connectivity index (χ2n) is 5.37. The van der Waals surface area contributed by atoms with E-state index in [0.29, 0.717) is 18.7 Å². The smallest absolute Gasteiger partial charge is 0.431 e. The lowest BCUT2D eigenvalue weighted by atomic mass is 10.1. The minimum absolute atomic E-state index is 0.00599. The second kappa shape index (κ2) is 7.16. The Labute approximate surface area is 132 Å². The first kappa shape index (κ1) is 16.8. The number of nitrogens with zero attached hydrogens (tertiary/aromatic N) is 3. The van der Waals surface area contributed by atoms with E-state index < -0.39 is 16.6 Å². The van der Waals surface area contributed by atoms with Gasteiger partial charge in [-0.1, -0.05) is 0 Å². The summed E-state index contributed by atoms with van der Waals surface area (Å²) in [6.45, 7) is 2.87. The van der Waals surface area contributed by atoms with Crippen LogP contribution in [0.4, 0.5) is 10.5 Å². The molecule has 1 aliphatic rings. The Balaban J connectivity index is 1.97. The molecule has 1 aromatic carbocycles. The van der Waals surface area contributed by atoms with E-state index in [1.807, 2.05) is 0 Å². The Morgan fingerprint density at radius 3 is 2.83 bits per heavy atom. The molecule has 0 radical (unpaired) electrons. The molecule has 1 unspecified atom stereocenters. The van der Waals surface area contributed by atoms with Crippen LogP contribution in [-0.4, -0.2) is 59.2 Å². The van der Waals surface area contributed by atoms with Gasteiger partial charge in [0.15, 0.2) is 0 Å². The van der Waals surface area contributed by atoms with Gasteiger partial charge in [0.05, 0.1) is 24.3 Å². The SMILES string of the molecule is CC1(CNCCO)CN(/N=C\c2ccc([N+](=O)[O-])cc2)C(=O)O1. The van der Waals surface area contributed by atoms with Gasteiger partial charge in [0.1, 0.15) is 5.60 Å². The number of hydrogen-bond donors (Lipinski definition) is 2. The summed E-state index contributed by atoms with van der Waals surface area (Å²) >= 11 is 0. The fourth-order valence-electron chi connectivity index (χ4n) is 2.11. The third-order valence-electron chi connectivity index (χ3n) is 3.27. The highest BCUT2D eigenvalue weighted by Crippen LogP contribution is 2.22. The minimum Gasteiger partial charge on any atom is -0.438 e. The van der Waals surface area contributed by atoms with Gasteiger partial charge in [-0.25, -0.2) is 4.79 Å². The van der Waals surface area contributed by atoms with Crippen LogP contribution in [0.25, 0.3) is 0 Å². The lowest BCUT2D eigenvalue weighted by Crippen LogP contribution is -2.41. The highest BCUT2D eigenvalue weighted by atomic mass is 16.6. The van der Waals surface area contributed by atoms with Crippen LogP contribution in [0.15, 0.2) is 29.4 Å². The number of nitro groups is 1. The second-order valence-corrected chi connectivity index (χ2v) is 5.37. The Bertz CT molecular complexity index is 604. The maximum atomic E-state index is 11.8. The monoisotopic (exact) mass is 322 g/mol. The van der Waals surface area contributed by atoms with Gasteiger partial charge in [-0.05, 0) is 24.6 Å². The fourth-order valence-corrected chi connectivity index (χ4v) is 2.11.